The van der Waals surface area contributed by atoms with Crippen LogP contribution in [0.2, 0.25) is 0 Å². The van der Waals surface area contributed by atoms with E-state index in [2.05, 4.69) is 88.5 Å². The van der Waals surface area contributed by atoms with E-state index >= 15 is 0 Å². The summed E-state index contributed by atoms with van der Waals surface area (Å²) in [7, 11) is -9.95. The van der Waals surface area contributed by atoms with Crippen molar-refractivity contribution >= 4 is 39.5 Å². The zero-order valence-corrected chi connectivity index (χ0v) is 65.7. The Morgan fingerprint density at radius 3 is 0.810 bits per heavy atom. The molecule has 0 fully saturated rings. The third-order valence-corrected chi connectivity index (χ3v) is 19.4. The van der Waals surface area contributed by atoms with Crippen LogP contribution in [0.15, 0.2) is 60.8 Å². The molecule has 0 aromatic carbocycles. The summed E-state index contributed by atoms with van der Waals surface area (Å²) in [5.41, 5.74) is 0. The van der Waals surface area contributed by atoms with Gasteiger partial charge in [-0.1, -0.05) is 300 Å². The highest BCUT2D eigenvalue weighted by molar-refractivity contribution is 7.47. The largest absolute Gasteiger partial charge is 0.472 e. The maximum atomic E-state index is 13.1. The van der Waals surface area contributed by atoms with Gasteiger partial charge in [0.15, 0.2) is 12.2 Å². The zero-order valence-electron chi connectivity index (χ0n) is 63.9. The van der Waals surface area contributed by atoms with Gasteiger partial charge in [-0.15, -0.1) is 0 Å². The highest BCUT2D eigenvalue weighted by Gasteiger charge is 2.30. The first-order valence-corrected chi connectivity index (χ1v) is 43.5. The molecule has 0 aromatic rings. The Labute approximate surface area is 610 Å². The minimum Gasteiger partial charge on any atom is -0.462 e. The van der Waals surface area contributed by atoms with Gasteiger partial charge in [-0.3, -0.25) is 37.3 Å². The molecule has 19 heteroatoms. The summed E-state index contributed by atoms with van der Waals surface area (Å²) in [6, 6.07) is 0. The first-order valence-electron chi connectivity index (χ1n) is 40.5. The predicted molar refractivity (Wildman–Crippen MR) is 409 cm³/mol. The van der Waals surface area contributed by atoms with E-state index in [0.29, 0.717) is 25.7 Å². The summed E-state index contributed by atoms with van der Waals surface area (Å²) in [6.07, 6.45) is 73.3. The van der Waals surface area contributed by atoms with E-state index in [1.54, 1.807) is 0 Å². The maximum Gasteiger partial charge on any atom is 0.472 e. The fourth-order valence-electron chi connectivity index (χ4n) is 11.3. The molecule has 5 unspecified atom stereocenters. The van der Waals surface area contributed by atoms with Crippen molar-refractivity contribution in [1.29, 1.82) is 0 Å². The molecule has 17 nitrogen and oxygen atoms in total. The molecule has 3 N–H and O–H groups in total. The SMILES string of the molecule is CC/C=C\C/C=C\C/C=C\CCCCCCCC(=O)OCC(COP(=O)(O)OCC(O)COP(=O)(O)OCC(COC(=O)CCCCCCC/C=C\CCCCCCCC)OC(=O)CCCCCCCCCCCCCCCCC)OC(=O)CCCCCCC/C=C\CCCCCCCC. The number of phosphoric ester groups is 2. The average Bonchev–Trinajstić information content (AvgIpc) is 1.01. The second-order valence-electron chi connectivity index (χ2n) is 27.3. The van der Waals surface area contributed by atoms with Gasteiger partial charge in [0.1, 0.15) is 19.3 Å². The Morgan fingerprint density at radius 2 is 0.520 bits per heavy atom. The van der Waals surface area contributed by atoms with Crippen LogP contribution < -0.4 is 0 Å². The van der Waals surface area contributed by atoms with Crippen molar-refractivity contribution in [3.8, 4) is 0 Å². The molecule has 0 heterocycles. The molecule has 0 aromatic heterocycles. The molecule has 0 aliphatic heterocycles. The second kappa shape index (κ2) is 74.0. The van der Waals surface area contributed by atoms with Gasteiger partial charge in [0, 0.05) is 25.7 Å². The number of ether oxygens (including phenoxy) is 4. The van der Waals surface area contributed by atoms with Crippen molar-refractivity contribution in [2.75, 3.05) is 39.6 Å². The lowest BCUT2D eigenvalue weighted by Gasteiger charge is -2.21. The van der Waals surface area contributed by atoms with E-state index in [0.717, 1.165) is 154 Å². The quantitative estimate of drug-likeness (QED) is 0.0169. The second-order valence-corrected chi connectivity index (χ2v) is 30.2. The van der Waals surface area contributed by atoms with Gasteiger partial charge in [0.2, 0.25) is 0 Å². The molecule has 584 valence electrons. The number of allylic oxidation sites excluding steroid dienone is 10. The highest BCUT2D eigenvalue weighted by Crippen LogP contribution is 2.45. The van der Waals surface area contributed by atoms with Gasteiger partial charge in [-0.2, -0.15) is 0 Å². The molecule has 100 heavy (non-hydrogen) atoms. The molecule has 0 amide bonds. The molecule has 0 saturated heterocycles. The van der Waals surface area contributed by atoms with Crippen LogP contribution in [0.1, 0.15) is 374 Å². The monoisotopic (exact) mass is 1460 g/mol. The summed E-state index contributed by atoms with van der Waals surface area (Å²) < 4.78 is 68.6. The maximum absolute atomic E-state index is 13.1. The Bertz CT molecular complexity index is 2130. The van der Waals surface area contributed by atoms with Crippen LogP contribution in [0.25, 0.3) is 0 Å². The number of unbranched alkanes of at least 4 members (excludes halogenated alkanes) is 41. The van der Waals surface area contributed by atoms with Crippen molar-refractivity contribution in [3.63, 3.8) is 0 Å². The Kier molecular flexibility index (Phi) is 71.6. The normalized spacial score (nSPS) is 14.2. The van der Waals surface area contributed by atoms with Crippen molar-refractivity contribution < 1.29 is 80.2 Å². The van der Waals surface area contributed by atoms with Crippen molar-refractivity contribution in [3.05, 3.63) is 60.8 Å². The van der Waals surface area contributed by atoms with Crippen LogP contribution in [0, 0.1) is 0 Å². The van der Waals surface area contributed by atoms with E-state index in [4.69, 9.17) is 37.0 Å². The number of rotatable bonds is 77. The summed E-state index contributed by atoms with van der Waals surface area (Å²) in [4.78, 5) is 73.0. The molecule has 0 aliphatic carbocycles. The number of carbonyl (C=O) groups is 4. The standard InChI is InChI=1S/C81H148O17P2/c1-5-9-13-17-21-25-29-33-37-41-45-49-53-57-61-65-78(83)91-71-76(97-80(85)67-63-59-55-51-47-43-39-35-31-27-23-19-15-11-7-3)73-95-99(87,88)93-69-75(82)70-94-100(89,90)96-74-77(98-81(86)68-64-60-56-52-48-44-40-36-32-28-24-20-16-12-8-4)72-92-79(84)66-62-58-54-50-46-42-38-34-30-26-22-18-14-10-6-2/h9,13,21,25,33-35,37-39,75-77,82H,5-8,10-12,14-20,22-24,26-32,36,40-74H2,1-4H3,(H,87,88)(H,89,90)/b13-9-,25-21-,37-33-,38-34-,39-35-. The van der Waals surface area contributed by atoms with Crippen LogP contribution in [-0.4, -0.2) is 96.7 Å². The van der Waals surface area contributed by atoms with Gasteiger partial charge in [-0.05, 0) is 109 Å². The van der Waals surface area contributed by atoms with Gasteiger partial charge < -0.3 is 33.8 Å². The third-order valence-electron chi connectivity index (χ3n) is 17.5. The van der Waals surface area contributed by atoms with Crippen LogP contribution in [-0.2, 0) is 65.4 Å². The van der Waals surface area contributed by atoms with Crippen LogP contribution in [0.5, 0.6) is 0 Å². The van der Waals surface area contributed by atoms with E-state index in [9.17, 15) is 43.2 Å². The molecule has 0 spiro atoms. The van der Waals surface area contributed by atoms with Gasteiger partial charge in [0.25, 0.3) is 0 Å². The minimum absolute atomic E-state index is 0.0847. The Balaban J connectivity index is 5.34. The molecule has 5 atom stereocenters. The van der Waals surface area contributed by atoms with Gasteiger partial charge in [-0.25, -0.2) is 9.13 Å². The number of aliphatic hydroxyl groups excluding tert-OH is 1. The zero-order chi connectivity index (χ0) is 73.2. The number of hydrogen-bond acceptors (Lipinski definition) is 15. The summed E-state index contributed by atoms with van der Waals surface area (Å²) in [5.74, 6) is -2.18. The third kappa shape index (κ3) is 73.1. The minimum atomic E-state index is -4.98. The molecule has 0 aliphatic rings. The first kappa shape index (κ1) is 96.8. The van der Waals surface area contributed by atoms with Crippen molar-refractivity contribution in [1.82, 2.24) is 0 Å². The van der Waals surface area contributed by atoms with E-state index in [-0.39, 0.29) is 25.7 Å². The first-order chi connectivity index (χ1) is 48.7. The number of hydrogen-bond donors (Lipinski definition) is 3. The lowest BCUT2D eigenvalue weighted by Crippen LogP contribution is -2.30. The fourth-order valence-corrected chi connectivity index (χ4v) is 12.9. The number of esters is 4. The van der Waals surface area contributed by atoms with Gasteiger partial charge in [0.05, 0.1) is 26.4 Å². The summed E-state index contributed by atoms with van der Waals surface area (Å²) in [5, 5.41) is 10.6. The number of carbonyl (C=O) groups excluding carboxylic acids is 4. The molecule has 0 bridgehead atoms. The van der Waals surface area contributed by atoms with Crippen LogP contribution in [0.3, 0.4) is 0 Å². The van der Waals surface area contributed by atoms with E-state index in [1.165, 1.54) is 141 Å². The van der Waals surface area contributed by atoms with Crippen LogP contribution in [0.4, 0.5) is 0 Å². The fraction of sp³-hybridized carbons (Fsp3) is 0.827. The lowest BCUT2D eigenvalue weighted by molar-refractivity contribution is -0.161. The number of aliphatic hydroxyl groups is 1. The lowest BCUT2D eigenvalue weighted by atomic mass is 10.0. The topological polar surface area (TPSA) is 237 Å². The number of phosphoric acid groups is 2. The Hall–Kier alpha value is -3.24. The molecular formula is C81H148O17P2. The van der Waals surface area contributed by atoms with Crippen molar-refractivity contribution in [2.45, 2.75) is 393 Å². The van der Waals surface area contributed by atoms with E-state index in [1.807, 2.05) is 0 Å². The summed E-state index contributed by atoms with van der Waals surface area (Å²) in [6.45, 7) is 4.80. The Morgan fingerprint density at radius 1 is 0.290 bits per heavy atom. The van der Waals surface area contributed by atoms with E-state index < -0.39 is 97.5 Å². The van der Waals surface area contributed by atoms with Crippen LogP contribution >= 0.6 is 15.6 Å². The summed E-state index contributed by atoms with van der Waals surface area (Å²) >= 11 is 0. The average molecular weight is 1460 g/mol. The van der Waals surface area contributed by atoms with Crippen molar-refractivity contribution in [2.24, 2.45) is 0 Å². The van der Waals surface area contributed by atoms with Gasteiger partial charge >= 0.3 is 39.5 Å². The predicted octanol–water partition coefficient (Wildman–Crippen LogP) is 23.5. The molecular weight excluding hydrogens is 1310 g/mol. The smallest absolute Gasteiger partial charge is 0.462 e. The molecule has 0 rings (SSSR count). The highest BCUT2D eigenvalue weighted by atomic mass is 31.2. The molecule has 0 saturated carbocycles. The molecule has 0 radical (unpaired) electrons.